The molecule has 0 aliphatic rings. The van der Waals surface area contributed by atoms with Gasteiger partial charge in [0, 0.05) is 4.47 Å². The molecule has 0 unspecified atom stereocenters. The number of hydrogen-bond acceptors (Lipinski definition) is 4. The molecule has 0 saturated heterocycles. The first-order chi connectivity index (χ1) is 11.8. The molecule has 2 aromatic carbocycles. The van der Waals surface area contributed by atoms with Crippen molar-refractivity contribution in [2.75, 3.05) is 29.0 Å². The van der Waals surface area contributed by atoms with Crippen LogP contribution in [-0.4, -0.2) is 33.7 Å². The van der Waals surface area contributed by atoms with Crippen molar-refractivity contribution in [1.82, 2.24) is 0 Å². The Morgan fingerprint density at radius 3 is 2.44 bits per heavy atom. The van der Waals surface area contributed by atoms with Gasteiger partial charge >= 0.3 is 0 Å². The monoisotopic (exact) mass is 426 g/mol. The third-order valence-electron chi connectivity index (χ3n) is 3.27. The highest BCUT2D eigenvalue weighted by Gasteiger charge is 2.24. The van der Waals surface area contributed by atoms with Crippen LogP contribution in [0.3, 0.4) is 0 Å². The molecular weight excluding hydrogens is 408 g/mol. The number of rotatable bonds is 7. The van der Waals surface area contributed by atoms with E-state index in [-0.39, 0.29) is 6.54 Å². The molecule has 134 valence electrons. The van der Waals surface area contributed by atoms with Crippen molar-refractivity contribution in [2.45, 2.75) is 6.92 Å². The van der Waals surface area contributed by atoms with Crippen molar-refractivity contribution in [2.24, 2.45) is 0 Å². The van der Waals surface area contributed by atoms with E-state index in [2.05, 4.69) is 21.2 Å². The maximum atomic E-state index is 12.4. The van der Waals surface area contributed by atoms with Gasteiger partial charge in [-0.1, -0.05) is 24.3 Å². The largest absolute Gasteiger partial charge is 0.492 e. The van der Waals surface area contributed by atoms with Crippen molar-refractivity contribution < 1.29 is 17.9 Å². The van der Waals surface area contributed by atoms with Gasteiger partial charge in [-0.25, -0.2) is 8.42 Å². The summed E-state index contributed by atoms with van der Waals surface area (Å²) in [5, 5.41) is 2.70. The van der Waals surface area contributed by atoms with Crippen molar-refractivity contribution in [3.8, 4) is 5.75 Å². The van der Waals surface area contributed by atoms with Crippen LogP contribution in [0.4, 0.5) is 11.4 Å². The number of para-hydroxylation sites is 3. The molecule has 0 aliphatic carbocycles. The zero-order chi connectivity index (χ0) is 18.4. The molecule has 1 N–H and O–H groups in total. The normalized spacial score (nSPS) is 11.0. The van der Waals surface area contributed by atoms with Crippen LogP contribution in [0, 0.1) is 0 Å². The quantitative estimate of drug-likeness (QED) is 0.736. The van der Waals surface area contributed by atoms with Crippen molar-refractivity contribution in [3.63, 3.8) is 0 Å². The molecule has 0 bridgehead atoms. The maximum absolute atomic E-state index is 12.4. The molecule has 8 heteroatoms. The second-order valence-electron chi connectivity index (χ2n) is 5.20. The molecule has 0 aliphatic heterocycles. The Balaban J connectivity index is 2.28. The van der Waals surface area contributed by atoms with Gasteiger partial charge in [-0.05, 0) is 47.1 Å². The summed E-state index contributed by atoms with van der Waals surface area (Å²) in [6, 6.07) is 13.8. The fraction of sp³-hybridized carbons (Fsp3) is 0.235. The third kappa shape index (κ3) is 5.20. The van der Waals surface area contributed by atoms with Crippen LogP contribution >= 0.6 is 15.9 Å². The summed E-state index contributed by atoms with van der Waals surface area (Å²) in [6.45, 7) is 1.84. The van der Waals surface area contributed by atoms with Gasteiger partial charge in [-0.2, -0.15) is 0 Å². The van der Waals surface area contributed by atoms with Crippen LogP contribution < -0.4 is 14.4 Å². The second-order valence-corrected chi connectivity index (χ2v) is 7.96. The number of halogens is 1. The number of ether oxygens (including phenoxy) is 1. The minimum Gasteiger partial charge on any atom is -0.492 e. The van der Waals surface area contributed by atoms with E-state index in [1.807, 2.05) is 6.07 Å². The number of benzene rings is 2. The smallest absolute Gasteiger partial charge is 0.245 e. The highest BCUT2D eigenvalue weighted by atomic mass is 79.9. The molecule has 2 rings (SSSR count). The lowest BCUT2D eigenvalue weighted by Gasteiger charge is -2.24. The highest BCUT2D eigenvalue weighted by Crippen LogP contribution is 2.30. The number of amides is 1. The van der Waals surface area contributed by atoms with Crippen molar-refractivity contribution in [3.05, 3.63) is 53.0 Å². The van der Waals surface area contributed by atoms with Gasteiger partial charge in [0.15, 0.2) is 0 Å². The van der Waals surface area contributed by atoms with Crippen LogP contribution in [0.5, 0.6) is 5.75 Å². The minimum absolute atomic E-state index is 0.328. The number of carbonyl (C=O) groups excluding carboxylic acids is 1. The van der Waals surface area contributed by atoms with Gasteiger partial charge in [-0.15, -0.1) is 0 Å². The summed E-state index contributed by atoms with van der Waals surface area (Å²) in [5.41, 5.74) is 0.896. The molecule has 0 spiro atoms. The van der Waals surface area contributed by atoms with Crippen LogP contribution in [0.1, 0.15) is 6.92 Å². The molecule has 0 fully saturated rings. The SMILES string of the molecule is CCOc1ccccc1N(CC(=O)Nc1ccccc1Br)S(C)(=O)=O. The Morgan fingerprint density at radius 2 is 1.80 bits per heavy atom. The molecule has 0 radical (unpaired) electrons. The molecular formula is C17H19BrN2O4S. The van der Waals surface area contributed by atoms with E-state index < -0.39 is 15.9 Å². The third-order valence-corrected chi connectivity index (χ3v) is 5.09. The molecule has 6 nitrogen and oxygen atoms in total. The number of nitrogens with one attached hydrogen (secondary N) is 1. The molecule has 25 heavy (non-hydrogen) atoms. The number of carbonyl (C=O) groups is 1. The Morgan fingerprint density at radius 1 is 1.16 bits per heavy atom. The number of anilines is 2. The highest BCUT2D eigenvalue weighted by molar-refractivity contribution is 9.10. The standard InChI is InChI=1S/C17H19BrN2O4S/c1-3-24-16-11-7-6-10-15(16)20(25(2,22)23)12-17(21)19-14-9-5-4-8-13(14)18/h4-11H,3,12H2,1-2H3,(H,19,21). The van der Waals surface area contributed by atoms with Gasteiger partial charge in [0.2, 0.25) is 15.9 Å². The summed E-state index contributed by atoms with van der Waals surface area (Å²) < 4.78 is 31.7. The lowest BCUT2D eigenvalue weighted by atomic mass is 10.3. The Kier molecular flexibility index (Phi) is 6.44. The van der Waals surface area contributed by atoms with Crippen LogP contribution in [0.15, 0.2) is 53.0 Å². The first-order valence-corrected chi connectivity index (χ1v) is 10.2. The Bertz CT molecular complexity index is 855. The van der Waals surface area contributed by atoms with Crippen LogP contribution in [0.2, 0.25) is 0 Å². The summed E-state index contributed by atoms with van der Waals surface area (Å²) in [4.78, 5) is 12.4. The molecule has 0 heterocycles. The summed E-state index contributed by atoms with van der Waals surface area (Å²) >= 11 is 3.34. The van der Waals surface area contributed by atoms with Gasteiger partial charge < -0.3 is 10.1 Å². The van der Waals surface area contributed by atoms with E-state index >= 15 is 0 Å². The van der Waals surface area contributed by atoms with E-state index in [4.69, 9.17) is 4.74 Å². The molecule has 0 saturated carbocycles. The number of nitrogens with zero attached hydrogens (tertiary/aromatic N) is 1. The predicted octanol–water partition coefficient (Wildman–Crippen LogP) is 3.25. The van der Waals surface area contributed by atoms with Gasteiger partial charge in [-0.3, -0.25) is 9.10 Å². The summed E-state index contributed by atoms with van der Waals surface area (Å²) in [5.74, 6) is -0.0484. The van der Waals surface area contributed by atoms with E-state index in [1.165, 1.54) is 0 Å². The molecule has 1 amide bonds. The van der Waals surface area contributed by atoms with Crippen LogP contribution in [0.25, 0.3) is 0 Å². The lowest BCUT2D eigenvalue weighted by Crippen LogP contribution is -2.37. The zero-order valence-electron chi connectivity index (χ0n) is 13.9. The fourth-order valence-corrected chi connectivity index (χ4v) is 3.45. The average Bonchev–Trinajstić information content (AvgIpc) is 2.55. The van der Waals surface area contributed by atoms with E-state index in [9.17, 15) is 13.2 Å². The van der Waals surface area contributed by atoms with E-state index in [0.29, 0.717) is 28.2 Å². The lowest BCUT2D eigenvalue weighted by molar-refractivity contribution is -0.114. The van der Waals surface area contributed by atoms with Crippen LogP contribution in [-0.2, 0) is 14.8 Å². The van der Waals surface area contributed by atoms with E-state index in [1.54, 1.807) is 49.4 Å². The molecule has 2 aromatic rings. The molecule has 0 atom stereocenters. The van der Waals surface area contributed by atoms with Crippen molar-refractivity contribution in [1.29, 1.82) is 0 Å². The minimum atomic E-state index is -3.68. The number of sulfonamides is 1. The van der Waals surface area contributed by atoms with Gasteiger partial charge in [0.05, 0.1) is 24.2 Å². The Hall–Kier alpha value is -2.06. The number of hydrogen-bond donors (Lipinski definition) is 1. The molecule has 0 aromatic heterocycles. The Labute approximate surface area is 156 Å². The van der Waals surface area contributed by atoms with E-state index in [0.717, 1.165) is 10.6 Å². The summed E-state index contributed by atoms with van der Waals surface area (Å²) in [6.07, 6.45) is 1.06. The van der Waals surface area contributed by atoms with Gasteiger partial charge in [0.25, 0.3) is 0 Å². The van der Waals surface area contributed by atoms with Crippen molar-refractivity contribution >= 4 is 43.2 Å². The predicted molar refractivity (Wildman–Crippen MR) is 103 cm³/mol. The zero-order valence-corrected chi connectivity index (χ0v) is 16.3. The topological polar surface area (TPSA) is 75.7 Å². The maximum Gasteiger partial charge on any atom is 0.245 e. The first-order valence-electron chi connectivity index (χ1n) is 7.57. The average molecular weight is 427 g/mol. The fourth-order valence-electron chi connectivity index (χ4n) is 2.20. The first kappa shape index (κ1) is 19.3. The summed E-state index contributed by atoms with van der Waals surface area (Å²) in [7, 11) is -3.68. The second kappa shape index (κ2) is 8.35. The van der Waals surface area contributed by atoms with Gasteiger partial charge in [0.1, 0.15) is 12.3 Å².